The van der Waals surface area contributed by atoms with Crippen LogP contribution in [0.1, 0.15) is 25.3 Å². The van der Waals surface area contributed by atoms with E-state index in [2.05, 4.69) is 21.6 Å². The number of carbonyl (C=O) groups is 1. The number of hydrogen-bond acceptors (Lipinski definition) is 5. The van der Waals surface area contributed by atoms with Gasteiger partial charge in [-0.3, -0.25) is 4.79 Å². The van der Waals surface area contributed by atoms with Crippen LogP contribution in [0.3, 0.4) is 0 Å². The monoisotopic (exact) mass is 466 g/mol. The lowest BCUT2D eigenvalue weighted by Crippen LogP contribution is -2.54. The normalized spacial score (nSPS) is 22.9. The molecule has 3 rings (SSSR count). The van der Waals surface area contributed by atoms with Crippen molar-refractivity contribution in [2.24, 2.45) is 0 Å². The van der Waals surface area contributed by atoms with Gasteiger partial charge in [0.25, 0.3) is 0 Å². The summed E-state index contributed by atoms with van der Waals surface area (Å²) in [6, 6.07) is 8.38. The minimum atomic E-state index is -3.59. The zero-order valence-electron chi connectivity index (χ0n) is 17.0. The summed E-state index contributed by atoms with van der Waals surface area (Å²) in [7, 11) is -3.59. The number of halogens is 2. The molecule has 1 aromatic carbocycles. The van der Waals surface area contributed by atoms with Crippen molar-refractivity contribution in [3.63, 3.8) is 0 Å². The number of piperidine rings is 1. The molecule has 2 N–H and O–H groups in total. The van der Waals surface area contributed by atoms with Crippen molar-refractivity contribution in [3.05, 3.63) is 29.8 Å². The second kappa shape index (κ2) is 11.4. The Morgan fingerprint density at radius 3 is 2.52 bits per heavy atom. The quantitative estimate of drug-likeness (QED) is 0.687. The first-order valence-electron chi connectivity index (χ1n) is 9.67. The number of sulfonamides is 1. The molecule has 0 radical (unpaired) electrons. The highest BCUT2D eigenvalue weighted by atomic mass is 35.5. The first-order chi connectivity index (χ1) is 12.8. The molecule has 2 aliphatic rings. The Hall–Kier alpha value is -1.06. The molecule has 10 heteroatoms. The van der Waals surface area contributed by atoms with Crippen molar-refractivity contribution in [2.45, 2.75) is 38.8 Å². The molecule has 0 bridgehead atoms. The van der Waals surface area contributed by atoms with Gasteiger partial charge in [0, 0.05) is 44.0 Å². The van der Waals surface area contributed by atoms with Crippen LogP contribution in [0.4, 0.5) is 5.69 Å². The van der Waals surface area contributed by atoms with Crippen LogP contribution in [0.5, 0.6) is 0 Å². The topological polar surface area (TPSA) is 81.8 Å². The van der Waals surface area contributed by atoms with Gasteiger partial charge in [-0.15, -0.1) is 24.8 Å². The van der Waals surface area contributed by atoms with Crippen molar-refractivity contribution in [1.29, 1.82) is 0 Å². The molecular formula is C19H32Cl2N4O3S. The maximum Gasteiger partial charge on any atom is 0.236 e. The van der Waals surface area contributed by atoms with Crippen LogP contribution in [0, 0.1) is 6.92 Å². The van der Waals surface area contributed by atoms with E-state index >= 15 is 0 Å². The van der Waals surface area contributed by atoms with Gasteiger partial charge >= 0.3 is 0 Å². The number of nitrogens with zero attached hydrogens (tertiary/aromatic N) is 2. The number of piperazine rings is 1. The number of nitrogens with one attached hydrogen (secondary N) is 2. The zero-order valence-corrected chi connectivity index (χ0v) is 19.4. The van der Waals surface area contributed by atoms with Crippen LogP contribution < -0.4 is 15.5 Å². The molecule has 0 saturated carbocycles. The van der Waals surface area contributed by atoms with Gasteiger partial charge in [0.15, 0.2) is 0 Å². The van der Waals surface area contributed by atoms with E-state index in [0.29, 0.717) is 26.2 Å². The van der Waals surface area contributed by atoms with Gasteiger partial charge in [-0.1, -0.05) is 12.1 Å². The molecule has 1 aromatic rings. The summed E-state index contributed by atoms with van der Waals surface area (Å²) >= 11 is 0. The van der Waals surface area contributed by atoms with Crippen LogP contribution in [-0.4, -0.2) is 69.2 Å². The van der Waals surface area contributed by atoms with Crippen LogP contribution in [0.2, 0.25) is 0 Å². The van der Waals surface area contributed by atoms with Crippen LogP contribution >= 0.6 is 24.8 Å². The summed E-state index contributed by atoms with van der Waals surface area (Å²) in [5.74, 6) is -0.877. The lowest BCUT2D eigenvalue weighted by molar-refractivity contribution is -0.119. The van der Waals surface area contributed by atoms with Crippen molar-refractivity contribution >= 4 is 46.4 Å². The number of rotatable bonds is 5. The van der Waals surface area contributed by atoms with Gasteiger partial charge in [0.05, 0.1) is 0 Å². The third-order valence-corrected chi connectivity index (χ3v) is 7.20. The molecule has 29 heavy (non-hydrogen) atoms. The van der Waals surface area contributed by atoms with Gasteiger partial charge in [-0.05, 0) is 50.9 Å². The molecule has 2 heterocycles. The number of anilines is 1. The number of amides is 1. The summed E-state index contributed by atoms with van der Waals surface area (Å²) in [5.41, 5.74) is 2.30. The van der Waals surface area contributed by atoms with Gasteiger partial charge in [0.2, 0.25) is 15.9 Å². The molecule has 0 spiro atoms. The van der Waals surface area contributed by atoms with Crippen molar-refractivity contribution in [3.8, 4) is 0 Å². The fraction of sp³-hybridized carbons (Fsp3) is 0.632. The second-order valence-electron chi connectivity index (χ2n) is 7.54. The summed E-state index contributed by atoms with van der Waals surface area (Å²) in [6.45, 7) is 7.09. The predicted octanol–water partition coefficient (Wildman–Crippen LogP) is 1.55. The molecule has 2 atom stereocenters. The van der Waals surface area contributed by atoms with Crippen LogP contribution in [0.25, 0.3) is 0 Å². The van der Waals surface area contributed by atoms with E-state index in [4.69, 9.17) is 0 Å². The molecule has 1 amide bonds. The minimum absolute atomic E-state index is 0. The number of aryl methyl sites for hydroxylation is 1. The highest BCUT2D eigenvalue weighted by Gasteiger charge is 2.30. The van der Waals surface area contributed by atoms with Crippen molar-refractivity contribution in [2.75, 3.05) is 43.4 Å². The standard InChI is InChI=1S/C19H30N4O3S.2ClH/c1-15-5-3-6-17(13-15)22-9-11-23(12-10-22)27(25,26)14-19(24)21-18-7-4-8-20-16(18)2;;/h3,5-6,13,16,18,20H,4,7-12,14H2,1-2H3,(H,21,24);2*1H. The minimum Gasteiger partial charge on any atom is -0.369 e. The Kier molecular flexibility index (Phi) is 10.2. The maximum atomic E-state index is 12.6. The molecule has 7 nitrogen and oxygen atoms in total. The molecule has 0 aliphatic carbocycles. The number of hydrogen-bond donors (Lipinski definition) is 2. The van der Waals surface area contributed by atoms with Gasteiger partial charge in [-0.25, -0.2) is 8.42 Å². The van der Waals surface area contributed by atoms with E-state index < -0.39 is 21.7 Å². The summed E-state index contributed by atoms with van der Waals surface area (Å²) < 4.78 is 26.7. The molecule has 2 saturated heterocycles. The van der Waals surface area contributed by atoms with Gasteiger partial charge in [0.1, 0.15) is 5.75 Å². The average molecular weight is 467 g/mol. The highest BCUT2D eigenvalue weighted by Crippen LogP contribution is 2.19. The third kappa shape index (κ3) is 7.00. The Morgan fingerprint density at radius 1 is 1.21 bits per heavy atom. The van der Waals surface area contributed by atoms with Gasteiger partial charge in [-0.2, -0.15) is 4.31 Å². The number of carbonyl (C=O) groups excluding carboxylic acids is 1. The van der Waals surface area contributed by atoms with E-state index in [-0.39, 0.29) is 36.9 Å². The highest BCUT2D eigenvalue weighted by molar-refractivity contribution is 7.89. The molecular weight excluding hydrogens is 435 g/mol. The summed E-state index contributed by atoms with van der Waals surface area (Å²) in [5, 5.41) is 6.19. The second-order valence-corrected chi connectivity index (χ2v) is 9.51. The maximum absolute atomic E-state index is 12.6. The summed E-state index contributed by atoms with van der Waals surface area (Å²) in [6.07, 6.45) is 1.87. The number of benzene rings is 1. The Balaban J connectivity index is 0.00000210. The zero-order chi connectivity index (χ0) is 19.4. The molecule has 166 valence electrons. The first-order valence-corrected chi connectivity index (χ1v) is 11.3. The predicted molar refractivity (Wildman–Crippen MR) is 122 cm³/mol. The van der Waals surface area contributed by atoms with E-state index in [1.54, 1.807) is 0 Å². The van der Waals surface area contributed by atoms with Gasteiger partial charge < -0.3 is 15.5 Å². The summed E-state index contributed by atoms with van der Waals surface area (Å²) in [4.78, 5) is 14.5. The lowest BCUT2D eigenvalue weighted by atomic mass is 10.00. The average Bonchev–Trinajstić information content (AvgIpc) is 2.63. The molecule has 2 fully saturated rings. The first kappa shape index (κ1) is 26.0. The Morgan fingerprint density at radius 2 is 1.90 bits per heavy atom. The Bertz CT molecular complexity index is 770. The van der Waals surface area contributed by atoms with E-state index in [1.165, 1.54) is 9.87 Å². The largest absolute Gasteiger partial charge is 0.369 e. The van der Waals surface area contributed by atoms with Crippen LogP contribution in [0.15, 0.2) is 24.3 Å². The van der Waals surface area contributed by atoms with Crippen molar-refractivity contribution < 1.29 is 13.2 Å². The third-order valence-electron chi connectivity index (χ3n) is 5.42. The smallest absolute Gasteiger partial charge is 0.236 e. The van der Waals surface area contributed by atoms with Crippen LogP contribution in [-0.2, 0) is 14.8 Å². The molecule has 0 aromatic heterocycles. The van der Waals surface area contributed by atoms with E-state index in [1.807, 2.05) is 32.0 Å². The molecule has 2 aliphatic heterocycles. The Labute approximate surface area is 186 Å². The van der Waals surface area contributed by atoms with E-state index in [0.717, 1.165) is 25.1 Å². The lowest BCUT2D eigenvalue weighted by Gasteiger charge is -2.35. The molecule has 2 unspecified atom stereocenters. The fourth-order valence-corrected chi connectivity index (χ4v) is 5.11. The van der Waals surface area contributed by atoms with Crippen molar-refractivity contribution in [1.82, 2.24) is 14.9 Å². The van der Waals surface area contributed by atoms with E-state index in [9.17, 15) is 13.2 Å². The SMILES string of the molecule is Cc1cccc(N2CCN(S(=O)(=O)CC(=O)NC3CCCNC3C)CC2)c1.Cl.Cl. The fourth-order valence-electron chi connectivity index (χ4n) is 3.80.